The highest BCUT2D eigenvalue weighted by Gasteiger charge is 2.21. The Hall–Kier alpha value is -0.700. The summed E-state index contributed by atoms with van der Waals surface area (Å²) in [6, 6.07) is 0. The number of ether oxygens (including phenoxy) is 1. The first-order valence-corrected chi connectivity index (χ1v) is 7.36. The van der Waals surface area contributed by atoms with Crippen molar-refractivity contribution in [2.24, 2.45) is 5.92 Å². The second-order valence-electron chi connectivity index (χ2n) is 4.40. The molecule has 1 saturated heterocycles. The molecule has 0 radical (unpaired) electrons. The van der Waals surface area contributed by atoms with Gasteiger partial charge in [-0.1, -0.05) is 0 Å². The second kappa shape index (κ2) is 7.03. The molecule has 1 heterocycles. The van der Waals surface area contributed by atoms with Gasteiger partial charge >= 0.3 is 5.97 Å². The molecule has 1 fully saturated rings. The van der Waals surface area contributed by atoms with E-state index in [9.17, 15) is 13.2 Å². The summed E-state index contributed by atoms with van der Waals surface area (Å²) in [5.41, 5.74) is 0. The van der Waals surface area contributed by atoms with Gasteiger partial charge in [0, 0.05) is 26.7 Å². The lowest BCUT2D eigenvalue weighted by Gasteiger charge is -2.24. The van der Waals surface area contributed by atoms with Gasteiger partial charge in [-0.2, -0.15) is 12.7 Å². The molecule has 7 nitrogen and oxygen atoms in total. The Kier molecular flexibility index (Phi) is 6.00. The maximum absolute atomic E-state index is 11.8. The van der Waals surface area contributed by atoms with Gasteiger partial charge < -0.3 is 9.84 Å². The van der Waals surface area contributed by atoms with E-state index in [1.807, 2.05) is 0 Å². The van der Waals surface area contributed by atoms with Crippen LogP contribution in [-0.2, 0) is 19.7 Å². The molecule has 0 amide bonds. The standard InChI is InChI=1S/C10H20N2O5S/c1-12(5-4-10(13)14)18(15,16)11-7-9-3-2-6-17-8-9/h9,11H,2-8H2,1H3,(H,13,14). The zero-order valence-electron chi connectivity index (χ0n) is 10.5. The second-order valence-corrected chi connectivity index (χ2v) is 6.26. The molecular weight excluding hydrogens is 260 g/mol. The predicted octanol–water partition coefficient (Wildman–Crippen LogP) is -0.346. The highest BCUT2D eigenvalue weighted by Crippen LogP contribution is 2.12. The Morgan fingerprint density at radius 3 is 2.83 bits per heavy atom. The molecule has 0 saturated carbocycles. The van der Waals surface area contributed by atoms with Gasteiger partial charge in [0.25, 0.3) is 10.2 Å². The van der Waals surface area contributed by atoms with Crippen LogP contribution in [0.2, 0.25) is 0 Å². The lowest BCUT2D eigenvalue weighted by Crippen LogP contribution is -2.42. The number of aliphatic carboxylic acids is 1. The zero-order valence-corrected chi connectivity index (χ0v) is 11.3. The van der Waals surface area contributed by atoms with Crippen LogP contribution in [0.4, 0.5) is 0 Å². The van der Waals surface area contributed by atoms with E-state index in [1.165, 1.54) is 7.05 Å². The van der Waals surface area contributed by atoms with Crippen molar-refractivity contribution in [1.82, 2.24) is 9.03 Å². The zero-order chi connectivity index (χ0) is 13.6. The summed E-state index contributed by atoms with van der Waals surface area (Å²) in [7, 11) is -2.23. The van der Waals surface area contributed by atoms with Gasteiger partial charge in [-0.05, 0) is 18.8 Å². The van der Waals surface area contributed by atoms with Crippen molar-refractivity contribution in [1.29, 1.82) is 0 Å². The fourth-order valence-corrected chi connectivity index (χ4v) is 2.67. The number of carboxylic acid groups (broad SMARTS) is 1. The van der Waals surface area contributed by atoms with Gasteiger partial charge in [0.05, 0.1) is 13.0 Å². The lowest BCUT2D eigenvalue weighted by atomic mass is 10.0. The molecule has 8 heteroatoms. The van der Waals surface area contributed by atoms with E-state index in [0.29, 0.717) is 13.2 Å². The highest BCUT2D eigenvalue weighted by molar-refractivity contribution is 7.87. The normalized spacial score (nSPS) is 21.1. The van der Waals surface area contributed by atoms with Gasteiger partial charge in [0.1, 0.15) is 0 Å². The van der Waals surface area contributed by atoms with E-state index >= 15 is 0 Å². The Bertz CT molecular complexity index is 364. The van der Waals surface area contributed by atoms with Gasteiger partial charge in [-0.25, -0.2) is 4.72 Å². The molecule has 0 aromatic heterocycles. The maximum Gasteiger partial charge on any atom is 0.304 e. The molecule has 0 aliphatic carbocycles. The molecule has 1 rings (SSSR count). The maximum atomic E-state index is 11.8. The molecule has 2 N–H and O–H groups in total. The third-order valence-corrected chi connectivity index (χ3v) is 4.39. The van der Waals surface area contributed by atoms with Crippen LogP contribution in [0.25, 0.3) is 0 Å². The molecule has 0 aromatic rings. The van der Waals surface area contributed by atoms with E-state index in [-0.39, 0.29) is 18.9 Å². The quantitative estimate of drug-likeness (QED) is 0.665. The minimum atomic E-state index is -3.59. The molecule has 0 aromatic carbocycles. The smallest absolute Gasteiger partial charge is 0.304 e. The predicted molar refractivity (Wildman–Crippen MR) is 65.3 cm³/mol. The number of nitrogens with zero attached hydrogens (tertiary/aromatic N) is 1. The van der Waals surface area contributed by atoms with Gasteiger partial charge in [-0.15, -0.1) is 0 Å². The summed E-state index contributed by atoms with van der Waals surface area (Å²) in [5.74, 6) is -0.820. The van der Waals surface area contributed by atoms with Crippen molar-refractivity contribution >= 4 is 16.2 Å². The van der Waals surface area contributed by atoms with Crippen LogP contribution < -0.4 is 4.72 Å². The van der Waals surface area contributed by atoms with E-state index in [0.717, 1.165) is 23.8 Å². The topological polar surface area (TPSA) is 95.9 Å². The number of carbonyl (C=O) groups is 1. The summed E-state index contributed by atoms with van der Waals surface area (Å²) in [4.78, 5) is 10.4. The fourth-order valence-electron chi connectivity index (χ4n) is 1.68. The molecule has 18 heavy (non-hydrogen) atoms. The van der Waals surface area contributed by atoms with E-state index in [4.69, 9.17) is 9.84 Å². The van der Waals surface area contributed by atoms with E-state index in [2.05, 4.69) is 4.72 Å². The van der Waals surface area contributed by atoms with Crippen LogP contribution in [0.3, 0.4) is 0 Å². The average molecular weight is 280 g/mol. The van der Waals surface area contributed by atoms with Crippen molar-refractivity contribution < 1.29 is 23.1 Å². The molecule has 1 aliphatic heterocycles. The Labute approximate surface area is 107 Å². The molecule has 106 valence electrons. The number of hydrogen-bond acceptors (Lipinski definition) is 4. The van der Waals surface area contributed by atoms with E-state index < -0.39 is 16.2 Å². The van der Waals surface area contributed by atoms with Crippen molar-refractivity contribution in [3.63, 3.8) is 0 Å². The van der Waals surface area contributed by atoms with Crippen LogP contribution >= 0.6 is 0 Å². The number of hydrogen-bond donors (Lipinski definition) is 2. The van der Waals surface area contributed by atoms with Crippen molar-refractivity contribution in [2.45, 2.75) is 19.3 Å². The third-order valence-electron chi connectivity index (χ3n) is 2.86. The van der Waals surface area contributed by atoms with Crippen LogP contribution in [-0.4, -0.2) is 57.1 Å². The van der Waals surface area contributed by atoms with Crippen molar-refractivity contribution in [3.8, 4) is 0 Å². The SMILES string of the molecule is CN(CCC(=O)O)S(=O)(=O)NCC1CCCOC1. The van der Waals surface area contributed by atoms with E-state index in [1.54, 1.807) is 0 Å². The van der Waals surface area contributed by atoms with Gasteiger partial charge in [0.2, 0.25) is 0 Å². The summed E-state index contributed by atoms with van der Waals surface area (Å²) in [5, 5.41) is 8.50. The van der Waals surface area contributed by atoms with Gasteiger partial charge in [0.15, 0.2) is 0 Å². The average Bonchev–Trinajstić information content (AvgIpc) is 2.34. The van der Waals surface area contributed by atoms with Crippen molar-refractivity contribution in [3.05, 3.63) is 0 Å². The molecule has 0 spiro atoms. The number of rotatable bonds is 7. The summed E-state index contributed by atoms with van der Waals surface area (Å²) in [6.07, 6.45) is 1.69. The summed E-state index contributed by atoms with van der Waals surface area (Å²) < 4.78 is 32.3. The summed E-state index contributed by atoms with van der Waals surface area (Å²) >= 11 is 0. The largest absolute Gasteiger partial charge is 0.481 e. The van der Waals surface area contributed by atoms with Crippen LogP contribution in [0, 0.1) is 5.92 Å². The molecule has 1 aliphatic rings. The first-order valence-electron chi connectivity index (χ1n) is 5.92. The Morgan fingerprint density at radius 1 is 1.56 bits per heavy atom. The first-order chi connectivity index (χ1) is 8.42. The highest BCUT2D eigenvalue weighted by atomic mass is 32.2. The number of nitrogens with one attached hydrogen (secondary N) is 1. The Morgan fingerprint density at radius 2 is 2.28 bits per heavy atom. The lowest BCUT2D eigenvalue weighted by molar-refractivity contribution is -0.137. The third kappa shape index (κ3) is 5.30. The first kappa shape index (κ1) is 15.4. The number of carboxylic acids is 1. The molecular formula is C10H20N2O5S. The molecule has 1 unspecified atom stereocenters. The minimum Gasteiger partial charge on any atom is -0.481 e. The minimum absolute atomic E-state index is 0.0359. The molecule has 0 bridgehead atoms. The molecule has 1 atom stereocenters. The van der Waals surface area contributed by atoms with Gasteiger partial charge in [-0.3, -0.25) is 4.79 Å². The summed E-state index contributed by atoms with van der Waals surface area (Å²) in [6.45, 7) is 1.61. The monoisotopic (exact) mass is 280 g/mol. The van der Waals surface area contributed by atoms with Crippen molar-refractivity contribution in [2.75, 3.05) is 33.4 Å². The Balaban J connectivity index is 2.35. The van der Waals surface area contributed by atoms with Crippen LogP contribution in [0.5, 0.6) is 0 Å². The van der Waals surface area contributed by atoms with Crippen LogP contribution in [0.15, 0.2) is 0 Å². The van der Waals surface area contributed by atoms with Crippen LogP contribution in [0.1, 0.15) is 19.3 Å². The fraction of sp³-hybridized carbons (Fsp3) is 0.900.